The van der Waals surface area contributed by atoms with Crippen LogP contribution in [0.25, 0.3) is 0 Å². The maximum absolute atomic E-state index is 12.5. The highest BCUT2D eigenvalue weighted by Gasteiger charge is 2.32. The number of hydrogen-bond donors (Lipinski definition) is 0. The third-order valence-electron chi connectivity index (χ3n) is 4.36. The summed E-state index contributed by atoms with van der Waals surface area (Å²) in [6.07, 6.45) is 2.84. The van der Waals surface area contributed by atoms with Crippen molar-refractivity contribution in [2.75, 3.05) is 24.5 Å². The van der Waals surface area contributed by atoms with Crippen molar-refractivity contribution in [3.05, 3.63) is 22.4 Å². The number of carbonyl (C=O) groups is 2. The van der Waals surface area contributed by atoms with E-state index in [2.05, 4.69) is 20.9 Å². The third-order valence-corrected chi connectivity index (χ3v) is 4.79. The van der Waals surface area contributed by atoms with E-state index in [4.69, 9.17) is 9.47 Å². The first-order valence-corrected chi connectivity index (χ1v) is 10.6. The first kappa shape index (κ1) is 22.5. The van der Waals surface area contributed by atoms with Crippen LogP contribution >= 0.6 is 15.9 Å². The van der Waals surface area contributed by atoms with Gasteiger partial charge in [-0.1, -0.05) is 13.8 Å². The van der Waals surface area contributed by atoms with E-state index in [0.717, 1.165) is 22.3 Å². The maximum atomic E-state index is 12.5. The highest BCUT2D eigenvalue weighted by Crippen LogP contribution is 2.30. The Balaban J connectivity index is 0.00000136. The van der Waals surface area contributed by atoms with Gasteiger partial charge in [0.1, 0.15) is 11.7 Å². The molecule has 0 radical (unpaired) electrons. The predicted molar refractivity (Wildman–Crippen MR) is 112 cm³/mol. The smallest absolute Gasteiger partial charge is 0.414 e. The van der Waals surface area contributed by atoms with Crippen LogP contribution in [0.1, 0.15) is 53.2 Å². The summed E-state index contributed by atoms with van der Waals surface area (Å²) in [7, 11) is 0. The zero-order chi connectivity index (χ0) is 20.9. The van der Waals surface area contributed by atoms with Crippen LogP contribution in [-0.4, -0.2) is 53.4 Å². The largest absolute Gasteiger partial charge is 0.446 e. The molecule has 1 fully saturated rings. The van der Waals surface area contributed by atoms with E-state index in [0.29, 0.717) is 32.5 Å². The van der Waals surface area contributed by atoms with Gasteiger partial charge in [0.25, 0.3) is 0 Å². The zero-order valence-electron chi connectivity index (χ0n) is 17.3. The molecule has 1 aromatic rings. The van der Waals surface area contributed by atoms with Gasteiger partial charge >= 0.3 is 12.2 Å². The van der Waals surface area contributed by atoms with Gasteiger partial charge in [-0.05, 0) is 42.8 Å². The van der Waals surface area contributed by atoms with E-state index >= 15 is 0 Å². The second kappa shape index (κ2) is 9.58. The van der Waals surface area contributed by atoms with Crippen LogP contribution in [0, 0.1) is 0 Å². The highest BCUT2D eigenvalue weighted by atomic mass is 79.9. The first-order chi connectivity index (χ1) is 13.2. The second-order valence-electron chi connectivity index (χ2n) is 7.57. The number of ether oxygens (including phenoxy) is 2. The molecule has 0 saturated carbocycles. The molecule has 0 unspecified atom stereocenters. The molecule has 0 N–H and O–H groups in total. The highest BCUT2D eigenvalue weighted by molar-refractivity contribution is 9.10. The van der Waals surface area contributed by atoms with E-state index in [1.165, 1.54) is 0 Å². The van der Waals surface area contributed by atoms with Crippen molar-refractivity contribution in [1.82, 2.24) is 9.88 Å². The molecule has 156 valence electrons. The number of anilines is 1. The van der Waals surface area contributed by atoms with Crippen LogP contribution in [0.2, 0.25) is 0 Å². The van der Waals surface area contributed by atoms with Crippen LogP contribution in [0.4, 0.5) is 15.3 Å². The van der Waals surface area contributed by atoms with E-state index < -0.39 is 5.60 Å². The number of carbonyl (C=O) groups excluding carboxylic acids is 2. The van der Waals surface area contributed by atoms with Crippen molar-refractivity contribution < 1.29 is 19.1 Å². The van der Waals surface area contributed by atoms with Crippen molar-refractivity contribution in [3.63, 3.8) is 0 Å². The topological polar surface area (TPSA) is 72.0 Å². The summed E-state index contributed by atoms with van der Waals surface area (Å²) in [6.45, 7) is 11.2. The Morgan fingerprint density at radius 2 is 1.79 bits per heavy atom. The quantitative estimate of drug-likeness (QED) is 0.609. The summed E-state index contributed by atoms with van der Waals surface area (Å²) < 4.78 is 11.9. The molecular formula is C20H30BrN3O4. The van der Waals surface area contributed by atoms with Crippen LogP contribution in [-0.2, 0) is 15.9 Å². The number of rotatable bonds is 1. The first-order valence-electron chi connectivity index (χ1n) is 9.83. The normalized spacial score (nSPS) is 16.8. The SMILES string of the molecule is CC.CC(C)(C)OC(=O)N1CCC(OC(=O)N2CCc3ncc(Br)cc32)CC1. The average Bonchev–Trinajstić information content (AvgIpc) is 3.05. The Morgan fingerprint density at radius 3 is 2.39 bits per heavy atom. The minimum absolute atomic E-state index is 0.189. The Bertz CT molecular complexity index is 697. The van der Waals surface area contributed by atoms with Gasteiger partial charge < -0.3 is 14.4 Å². The van der Waals surface area contributed by atoms with Gasteiger partial charge in [0.2, 0.25) is 0 Å². The summed E-state index contributed by atoms with van der Waals surface area (Å²) in [5.41, 5.74) is 1.20. The van der Waals surface area contributed by atoms with Crippen molar-refractivity contribution in [3.8, 4) is 0 Å². The van der Waals surface area contributed by atoms with Gasteiger partial charge in [0.05, 0.1) is 11.4 Å². The minimum atomic E-state index is -0.508. The summed E-state index contributed by atoms with van der Waals surface area (Å²) in [5, 5.41) is 0. The number of fused-ring (bicyclic) bond motifs is 1. The fourth-order valence-corrected chi connectivity index (χ4v) is 3.42. The molecule has 0 aliphatic carbocycles. The number of halogens is 1. The lowest BCUT2D eigenvalue weighted by Crippen LogP contribution is -2.44. The van der Waals surface area contributed by atoms with Crippen LogP contribution in [0.3, 0.4) is 0 Å². The molecule has 2 aliphatic heterocycles. The molecule has 28 heavy (non-hydrogen) atoms. The summed E-state index contributed by atoms with van der Waals surface area (Å²) in [4.78, 5) is 32.3. The molecule has 3 rings (SSSR count). The lowest BCUT2D eigenvalue weighted by Gasteiger charge is -2.33. The number of pyridine rings is 1. The number of amides is 2. The Labute approximate surface area is 175 Å². The minimum Gasteiger partial charge on any atom is -0.446 e. The van der Waals surface area contributed by atoms with E-state index in [-0.39, 0.29) is 18.3 Å². The molecule has 1 saturated heterocycles. The van der Waals surface area contributed by atoms with Gasteiger partial charge in [-0.15, -0.1) is 0 Å². The number of aromatic nitrogens is 1. The van der Waals surface area contributed by atoms with Crippen LogP contribution in [0.5, 0.6) is 0 Å². The predicted octanol–water partition coefficient (Wildman–Crippen LogP) is 4.77. The lowest BCUT2D eigenvalue weighted by molar-refractivity contribution is 0.00728. The molecular weight excluding hydrogens is 426 g/mol. The van der Waals surface area contributed by atoms with Gasteiger partial charge in [-0.3, -0.25) is 9.88 Å². The summed E-state index contributed by atoms with van der Waals surface area (Å²) in [6, 6.07) is 1.89. The fraction of sp³-hybridized carbons (Fsp3) is 0.650. The standard InChI is InChI=1S/C18H24BrN3O4.C2H6/c1-18(2,3)26-16(23)21-7-4-13(5-8-21)25-17(24)22-9-6-14-15(22)10-12(19)11-20-14;1-2/h10-11,13H,4-9H2,1-3H3;1-2H3. The van der Waals surface area contributed by atoms with Gasteiger partial charge in [0.15, 0.2) is 0 Å². The number of likely N-dealkylation sites (tertiary alicyclic amines) is 1. The molecule has 3 heterocycles. The van der Waals surface area contributed by atoms with E-state index in [1.807, 2.05) is 40.7 Å². The average molecular weight is 456 g/mol. The Kier molecular flexibility index (Phi) is 7.69. The molecule has 0 atom stereocenters. The third kappa shape index (κ3) is 5.83. The zero-order valence-corrected chi connectivity index (χ0v) is 18.9. The molecule has 1 aromatic heterocycles. The van der Waals surface area contributed by atoms with E-state index in [9.17, 15) is 9.59 Å². The van der Waals surface area contributed by atoms with Gasteiger partial charge in [-0.25, -0.2) is 9.59 Å². The number of hydrogen-bond acceptors (Lipinski definition) is 5. The van der Waals surface area contributed by atoms with Crippen LogP contribution in [0.15, 0.2) is 16.7 Å². The monoisotopic (exact) mass is 455 g/mol. The van der Waals surface area contributed by atoms with Crippen molar-refractivity contribution >= 4 is 33.8 Å². The molecule has 2 amide bonds. The van der Waals surface area contributed by atoms with Crippen molar-refractivity contribution in [2.45, 2.75) is 65.6 Å². The maximum Gasteiger partial charge on any atom is 0.414 e. The lowest BCUT2D eigenvalue weighted by atomic mass is 10.1. The number of piperidine rings is 1. The Hall–Kier alpha value is -1.83. The van der Waals surface area contributed by atoms with Gasteiger partial charge in [0, 0.05) is 49.6 Å². The van der Waals surface area contributed by atoms with Crippen LogP contribution < -0.4 is 4.90 Å². The molecule has 0 spiro atoms. The number of nitrogens with zero attached hydrogens (tertiary/aromatic N) is 3. The van der Waals surface area contributed by atoms with Crippen molar-refractivity contribution in [2.24, 2.45) is 0 Å². The molecule has 2 aliphatic rings. The summed E-state index contributed by atoms with van der Waals surface area (Å²) >= 11 is 3.39. The second-order valence-corrected chi connectivity index (χ2v) is 8.49. The van der Waals surface area contributed by atoms with E-state index in [1.54, 1.807) is 16.0 Å². The molecule has 8 heteroatoms. The molecule has 0 bridgehead atoms. The van der Waals surface area contributed by atoms with Gasteiger partial charge in [-0.2, -0.15) is 0 Å². The molecule has 0 aromatic carbocycles. The molecule has 7 nitrogen and oxygen atoms in total. The fourth-order valence-electron chi connectivity index (χ4n) is 3.10. The Morgan fingerprint density at radius 1 is 1.14 bits per heavy atom. The summed E-state index contributed by atoms with van der Waals surface area (Å²) in [5.74, 6) is 0. The van der Waals surface area contributed by atoms with Crippen molar-refractivity contribution in [1.29, 1.82) is 0 Å².